The maximum absolute atomic E-state index is 12.4. The highest BCUT2D eigenvalue weighted by molar-refractivity contribution is 9.10. The molecule has 0 saturated carbocycles. The standard InChI is InChI=1S/C17H16BrN3OS/c1-10-9-12(18)7-8-13(10)20-16(22)11(2)19-17-21-14-5-3-4-6-15(14)23-17/h3-9,11H,1-2H3,(H,19,21)(H,20,22). The lowest BCUT2D eigenvalue weighted by molar-refractivity contribution is -0.116. The second-order valence-corrected chi connectivity index (χ2v) is 7.25. The number of anilines is 2. The molecule has 118 valence electrons. The van der Waals surface area contributed by atoms with Crippen LogP contribution in [0.5, 0.6) is 0 Å². The molecule has 6 heteroatoms. The molecule has 3 rings (SSSR count). The number of hydrogen-bond donors (Lipinski definition) is 2. The van der Waals surface area contributed by atoms with Gasteiger partial charge < -0.3 is 10.6 Å². The average Bonchev–Trinajstić information content (AvgIpc) is 2.92. The zero-order valence-electron chi connectivity index (χ0n) is 12.8. The second-order valence-electron chi connectivity index (χ2n) is 5.30. The average molecular weight is 390 g/mol. The number of fused-ring (bicyclic) bond motifs is 1. The van der Waals surface area contributed by atoms with E-state index in [4.69, 9.17) is 0 Å². The number of halogens is 1. The second kappa shape index (κ2) is 6.68. The highest BCUT2D eigenvalue weighted by atomic mass is 79.9. The normalized spacial score (nSPS) is 12.1. The number of rotatable bonds is 4. The summed E-state index contributed by atoms with van der Waals surface area (Å²) in [6, 6.07) is 13.3. The molecule has 0 saturated heterocycles. The van der Waals surface area contributed by atoms with Crippen molar-refractivity contribution in [3.8, 4) is 0 Å². The number of carbonyl (C=O) groups excluding carboxylic acids is 1. The Labute approximate surface area is 147 Å². The van der Waals surface area contributed by atoms with Crippen LogP contribution in [0.4, 0.5) is 10.8 Å². The number of nitrogens with one attached hydrogen (secondary N) is 2. The molecule has 1 unspecified atom stereocenters. The van der Waals surface area contributed by atoms with Crippen molar-refractivity contribution in [2.45, 2.75) is 19.9 Å². The number of thiazole rings is 1. The van der Waals surface area contributed by atoms with Gasteiger partial charge in [0.15, 0.2) is 5.13 Å². The van der Waals surface area contributed by atoms with E-state index in [9.17, 15) is 4.79 Å². The zero-order chi connectivity index (χ0) is 16.4. The quantitative estimate of drug-likeness (QED) is 0.673. The van der Waals surface area contributed by atoms with Gasteiger partial charge in [0.05, 0.1) is 10.2 Å². The minimum atomic E-state index is -0.376. The van der Waals surface area contributed by atoms with Crippen LogP contribution in [0.3, 0.4) is 0 Å². The third-order valence-electron chi connectivity index (χ3n) is 3.47. The van der Waals surface area contributed by atoms with Gasteiger partial charge in [0.1, 0.15) is 6.04 Å². The van der Waals surface area contributed by atoms with Gasteiger partial charge in [-0.25, -0.2) is 4.98 Å². The number of aromatic nitrogens is 1. The largest absolute Gasteiger partial charge is 0.350 e. The third kappa shape index (κ3) is 3.71. The van der Waals surface area contributed by atoms with Crippen molar-refractivity contribution in [3.63, 3.8) is 0 Å². The van der Waals surface area contributed by atoms with E-state index < -0.39 is 0 Å². The fraction of sp³-hybridized carbons (Fsp3) is 0.176. The summed E-state index contributed by atoms with van der Waals surface area (Å²) in [4.78, 5) is 16.9. The van der Waals surface area contributed by atoms with Gasteiger partial charge in [0.2, 0.25) is 5.91 Å². The summed E-state index contributed by atoms with van der Waals surface area (Å²) < 4.78 is 2.10. The van der Waals surface area contributed by atoms with Crippen LogP contribution in [-0.4, -0.2) is 16.9 Å². The molecule has 4 nitrogen and oxygen atoms in total. The summed E-state index contributed by atoms with van der Waals surface area (Å²) >= 11 is 4.97. The highest BCUT2D eigenvalue weighted by Crippen LogP contribution is 2.26. The molecule has 0 aliphatic rings. The van der Waals surface area contributed by atoms with Crippen molar-refractivity contribution >= 4 is 54.2 Å². The Morgan fingerprint density at radius 2 is 2.04 bits per heavy atom. The van der Waals surface area contributed by atoms with E-state index in [0.29, 0.717) is 0 Å². The van der Waals surface area contributed by atoms with Crippen molar-refractivity contribution in [2.75, 3.05) is 10.6 Å². The number of amides is 1. The van der Waals surface area contributed by atoms with Gasteiger partial charge in [-0.2, -0.15) is 0 Å². The van der Waals surface area contributed by atoms with E-state index in [1.54, 1.807) is 11.3 Å². The van der Waals surface area contributed by atoms with Crippen molar-refractivity contribution in [2.24, 2.45) is 0 Å². The van der Waals surface area contributed by atoms with Crippen LogP contribution in [-0.2, 0) is 4.79 Å². The minimum Gasteiger partial charge on any atom is -0.350 e. The van der Waals surface area contributed by atoms with E-state index in [1.807, 2.05) is 56.3 Å². The summed E-state index contributed by atoms with van der Waals surface area (Å²) in [7, 11) is 0. The molecule has 0 radical (unpaired) electrons. The molecule has 0 aliphatic heterocycles. The Morgan fingerprint density at radius 3 is 2.78 bits per heavy atom. The summed E-state index contributed by atoms with van der Waals surface area (Å²) in [6.45, 7) is 3.79. The summed E-state index contributed by atoms with van der Waals surface area (Å²) in [5.41, 5.74) is 2.77. The molecule has 1 atom stereocenters. The topological polar surface area (TPSA) is 54.0 Å². The molecule has 2 aromatic carbocycles. The maximum atomic E-state index is 12.4. The van der Waals surface area contributed by atoms with Crippen LogP contribution in [0, 0.1) is 6.92 Å². The monoisotopic (exact) mass is 389 g/mol. The number of carbonyl (C=O) groups is 1. The van der Waals surface area contributed by atoms with Crippen LogP contribution < -0.4 is 10.6 Å². The summed E-state index contributed by atoms with van der Waals surface area (Å²) in [5, 5.41) is 6.87. The Hall–Kier alpha value is -1.92. The van der Waals surface area contributed by atoms with E-state index in [1.165, 1.54) is 0 Å². The van der Waals surface area contributed by atoms with Gasteiger partial charge >= 0.3 is 0 Å². The zero-order valence-corrected chi connectivity index (χ0v) is 15.2. The molecule has 0 fully saturated rings. The van der Waals surface area contributed by atoms with Crippen molar-refractivity contribution in [1.29, 1.82) is 0 Å². The molecular formula is C17H16BrN3OS. The first-order valence-corrected chi connectivity index (χ1v) is 8.83. The summed E-state index contributed by atoms with van der Waals surface area (Å²) in [6.07, 6.45) is 0. The molecule has 0 bridgehead atoms. The van der Waals surface area contributed by atoms with Crippen LogP contribution >= 0.6 is 27.3 Å². The number of aryl methyl sites for hydroxylation is 1. The first-order valence-electron chi connectivity index (χ1n) is 7.22. The van der Waals surface area contributed by atoms with Crippen molar-refractivity contribution in [1.82, 2.24) is 4.98 Å². The lowest BCUT2D eigenvalue weighted by Gasteiger charge is -2.14. The molecule has 2 N–H and O–H groups in total. The number of nitrogens with zero attached hydrogens (tertiary/aromatic N) is 1. The molecule has 23 heavy (non-hydrogen) atoms. The molecule has 1 heterocycles. The van der Waals surface area contributed by atoms with Crippen molar-refractivity contribution < 1.29 is 4.79 Å². The Balaban J connectivity index is 1.69. The van der Waals surface area contributed by atoms with E-state index in [2.05, 4.69) is 31.5 Å². The van der Waals surface area contributed by atoms with E-state index in [-0.39, 0.29) is 11.9 Å². The Kier molecular flexibility index (Phi) is 4.63. The van der Waals surface area contributed by atoms with Crippen LogP contribution in [0.1, 0.15) is 12.5 Å². The molecule has 1 amide bonds. The molecule has 0 spiro atoms. The molecular weight excluding hydrogens is 374 g/mol. The predicted octanol–water partition coefficient (Wildman–Crippen LogP) is 4.81. The van der Waals surface area contributed by atoms with Crippen molar-refractivity contribution in [3.05, 3.63) is 52.5 Å². The van der Waals surface area contributed by atoms with Gasteiger partial charge in [-0.1, -0.05) is 39.4 Å². The van der Waals surface area contributed by atoms with E-state index in [0.717, 1.165) is 31.1 Å². The van der Waals surface area contributed by atoms with Gasteiger partial charge in [-0.3, -0.25) is 4.79 Å². The first-order chi connectivity index (χ1) is 11.0. The lowest BCUT2D eigenvalue weighted by Crippen LogP contribution is -2.32. The first kappa shape index (κ1) is 16.0. The summed E-state index contributed by atoms with van der Waals surface area (Å²) in [5.74, 6) is -0.0883. The fourth-order valence-corrected chi connectivity index (χ4v) is 3.62. The Bertz CT molecular complexity index is 829. The van der Waals surface area contributed by atoms with Gasteiger partial charge in [-0.15, -0.1) is 0 Å². The third-order valence-corrected chi connectivity index (χ3v) is 4.93. The predicted molar refractivity (Wildman–Crippen MR) is 100 cm³/mol. The van der Waals surface area contributed by atoms with Crippen LogP contribution in [0.2, 0.25) is 0 Å². The fourth-order valence-electron chi connectivity index (χ4n) is 2.19. The highest BCUT2D eigenvalue weighted by Gasteiger charge is 2.15. The smallest absolute Gasteiger partial charge is 0.246 e. The molecule has 0 aliphatic carbocycles. The number of para-hydroxylation sites is 1. The van der Waals surface area contributed by atoms with Crippen LogP contribution in [0.15, 0.2) is 46.9 Å². The molecule has 3 aromatic rings. The Morgan fingerprint density at radius 1 is 1.26 bits per heavy atom. The number of benzene rings is 2. The van der Waals surface area contributed by atoms with Crippen LogP contribution in [0.25, 0.3) is 10.2 Å². The minimum absolute atomic E-state index is 0.0883. The molecule has 1 aromatic heterocycles. The maximum Gasteiger partial charge on any atom is 0.246 e. The lowest BCUT2D eigenvalue weighted by atomic mass is 10.2. The van der Waals surface area contributed by atoms with Gasteiger partial charge in [0.25, 0.3) is 0 Å². The SMILES string of the molecule is Cc1cc(Br)ccc1NC(=O)C(C)Nc1nc2ccccc2s1. The van der Waals surface area contributed by atoms with Gasteiger partial charge in [0, 0.05) is 10.2 Å². The van der Waals surface area contributed by atoms with E-state index >= 15 is 0 Å². The number of hydrogen-bond acceptors (Lipinski definition) is 4. The van der Waals surface area contributed by atoms with Gasteiger partial charge in [-0.05, 0) is 49.7 Å².